The number of aromatic nitrogens is 2. The Hall–Kier alpha value is -1.91. The van der Waals surface area contributed by atoms with Gasteiger partial charge in [-0.15, -0.1) is 0 Å². The fourth-order valence-electron chi connectivity index (χ4n) is 1.42. The Morgan fingerprint density at radius 2 is 2.00 bits per heavy atom. The maximum Gasteiger partial charge on any atom is 0.149 e. The number of halogens is 2. The lowest BCUT2D eigenvalue weighted by Crippen LogP contribution is -2.03. The van der Waals surface area contributed by atoms with E-state index in [0.29, 0.717) is 6.54 Å². The molecule has 1 aromatic carbocycles. The summed E-state index contributed by atoms with van der Waals surface area (Å²) in [5, 5.41) is 6.67. The molecule has 0 radical (unpaired) electrons. The lowest BCUT2D eigenvalue weighted by atomic mass is 10.2. The van der Waals surface area contributed by atoms with Crippen molar-refractivity contribution in [1.82, 2.24) is 9.78 Å². The van der Waals surface area contributed by atoms with E-state index < -0.39 is 11.6 Å². The van der Waals surface area contributed by atoms with E-state index in [0.717, 1.165) is 5.56 Å². The Morgan fingerprint density at radius 3 is 2.56 bits per heavy atom. The van der Waals surface area contributed by atoms with Gasteiger partial charge in [-0.25, -0.2) is 8.78 Å². The predicted molar refractivity (Wildman–Crippen MR) is 56.9 cm³/mol. The van der Waals surface area contributed by atoms with Gasteiger partial charge in [-0.05, 0) is 12.1 Å². The van der Waals surface area contributed by atoms with Crippen LogP contribution in [-0.4, -0.2) is 9.78 Å². The van der Waals surface area contributed by atoms with E-state index in [1.54, 1.807) is 24.1 Å². The second-order valence-electron chi connectivity index (χ2n) is 3.47. The van der Waals surface area contributed by atoms with E-state index >= 15 is 0 Å². The first-order valence-corrected chi connectivity index (χ1v) is 4.82. The third-order valence-corrected chi connectivity index (χ3v) is 2.19. The number of hydrogen-bond acceptors (Lipinski definition) is 2. The molecule has 0 unspecified atom stereocenters. The van der Waals surface area contributed by atoms with Crippen LogP contribution < -0.4 is 5.32 Å². The highest BCUT2D eigenvalue weighted by Gasteiger charge is 2.07. The first-order chi connectivity index (χ1) is 7.66. The van der Waals surface area contributed by atoms with Gasteiger partial charge >= 0.3 is 0 Å². The quantitative estimate of drug-likeness (QED) is 0.865. The van der Waals surface area contributed by atoms with Gasteiger partial charge in [0.25, 0.3) is 0 Å². The summed E-state index contributed by atoms with van der Waals surface area (Å²) >= 11 is 0. The van der Waals surface area contributed by atoms with Crippen molar-refractivity contribution in [3.8, 4) is 0 Å². The molecule has 5 heteroatoms. The molecule has 0 saturated heterocycles. The smallest absolute Gasteiger partial charge is 0.149 e. The van der Waals surface area contributed by atoms with Crippen molar-refractivity contribution in [3.63, 3.8) is 0 Å². The van der Waals surface area contributed by atoms with Gasteiger partial charge in [0.2, 0.25) is 0 Å². The van der Waals surface area contributed by atoms with Gasteiger partial charge in [0, 0.05) is 25.4 Å². The van der Waals surface area contributed by atoms with E-state index in [1.807, 2.05) is 0 Å². The van der Waals surface area contributed by atoms with Crippen molar-refractivity contribution in [2.75, 3.05) is 5.32 Å². The zero-order valence-corrected chi connectivity index (χ0v) is 8.74. The highest BCUT2D eigenvalue weighted by atomic mass is 19.1. The number of aryl methyl sites for hydroxylation is 1. The molecular formula is C11H11F2N3. The Labute approximate surface area is 91.7 Å². The van der Waals surface area contributed by atoms with Gasteiger partial charge in [-0.1, -0.05) is 6.07 Å². The molecular weight excluding hydrogens is 212 g/mol. The molecule has 16 heavy (non-hydrogen) atoms. The van der Waals surface area contributed by atoms with Crippen LogP contribution >= 0.6 is 0 Å². The maximum absolute atomic E-state index is 13.2. The van der Waals surface area contributed by atoms with E-state index in [-0.39, 0.29) is 5.69 Å². The van der Waals surface area contributed by atoms with Gasteiger partial charge < -0.3 is 5.32 Å². The van der Waals surface area contributed by atoms with Gasteiger partial charge in [0.05, 0.1) is 6.20 Å². The zero-order chi connectivity index (χ0) is 11.5. The standard InChI is InChI=1S/C11H11F2N3/c1-16-7-8(6-15-16)5-14-11-9(12)3-2-4-10(11)13/h2-4,6-7,14H,5H2,1H3. The summed E-state index contributed by atoms with van der Waals surface area (Å²) in [6.07, 6.45) is 3.43. The molecule has 0 aliphatic carbocycles. The Kier molecular flexibility index (Phi) is 2.85. The first-order valence-electron chi connectivity index (χ1n) is 4.82. The molecule has 0 aliphatic heterocycles. The summed E-state index contributed by atoms with van der Waals surface area (Å²) in [7, 11) is 1.78. The van der Waals surface area contributed by atoms with Crippen LogP contribution in [0.3, 0.4) is 0 Å². The first kappa shape index (κ1) is 10.6. The van der Waals surface area contributed by atoms with Crippen LogP contribution in [0.15, 0.2) is 30.6 Å². The lowest BCUT2D eigenvalue weighted by Gasteiger charge is -2.06. The van der Waals surface area contributed by atoms with Gasteiger partial charge in [-0.2, -0.15) is 5.10 Å². The van der Waals surface area contributed by atoms with Crippen molar-refractivity contribution in [2.24, 2.45) is 7.05 Å². The van der Waals surface area contributed by atoms with Crippen LogP contribution in [0, 0.1) is 11.6 Å². The number of nitrogens with zero attached hydrogens (tertiary/aromatic N) is 2. The van der Waals surface area contributed by atoms with E-state index in [2.05, 4.69) is 10.4 Å². The summed E-state index contributed by atoms with van der Waals surface area (Å²) in [6, 6.07) is 3.77. The number of benzene rings is 1. The van der Waals surface area contributed by atoms with Gasteiger partial charge in [0.1, 0.15) is 17.3 Å². The number of hydrogen-bond donors (Lipinski definition) is 1. The van der Waals surface area contributed by atoms with Crippen LogP contribution in [0.1, 0.15) is 5.56 Å². The molecule has 1 aromatic heterocycles. The minimum absolute atomic E-state index is 0.105. The predicted octanol–water partition coefficient (Wildman–Crippen LogP) is 2.31. The fourth-order valence-corrected chi connectivity index (χ4v) is 1.42. The Bertz CT molecular complexity index is 473. The SMILES string of the molecule is Cn1cc(CNc2c(F)cccc2F)cn1. The van der Waals surface area contributed by atoms with Crippen LogP contribution in [0.5, 0.6) is 0 Å². The van der Waals surface area contributed by atoms with Crippen molar-refractivity contribution in [3.05, 3.63) is 47.8 Å². The minimum atomic E-state index is -0.594. The summed E-state index contributed by atoms with van der Waals surface area (Å²) in [5.74, 6) is -1.19. The molecule has 0 saturated carbocycles. The van der Waals surface area contributed by atoms with Crippen molar-refractivity contribution < 1.29 is 8.78 Å². The zero-order valence-electron chi connectivity index (χ0n) is 8.74. The van der Waals surface area contributed by atoms with Gasteiger partial charge in [0.15, 0.2) is 0 Å². The molecule has 0 atom stereocenters. The van der Waals surface area contributed by atoms with Crippen molar-refractivity contribution >= 4 is 5.69 Å². The summed E-state index contributed by atoms with van der Waals surface area (Å²) < 4.78 is 28.1. The molecule has 3 nitrogen and oxygen atoms in total. The van der Waals surface area contributed by atoms with E-state index in [9.17, 15) is 8.78 Å². The molecule has 1 N–H and O–H groups in total. The van der Waals surface area contributed by atoms with E-state index in [4.69, 9.17) is 0 Å². The van der Waals surface area contributed by atoms with Crippen LogP contribution in [-0.2, 0) is 13.6 Å². The monoisotopic (exact) mass is 223 g/mol. The maximum atomic E-state index is 13.2. The average Bonchev–Trinajstić information content (AvgIpc) is 2.63. The minimum Gasteiger partial charge on any atom is -0.376 e. The topological polar surface area (TPSA) is 29.9 Å². The molecule has 0 amide bonds. The number of para-hydroxylation sites is 1. The summed E-state index contributed by atoms with van der Waals surface area (Å²) in [5.41, 5.74) is 0.761. The van der Waals surface area contributed by atoms with Crippen LogP contribution in [0.4, 0.5) is 14.5 Å². The molecule has 84 valence electrons. The van der Waals surface area contributed by atoms with Crippen molar-refractivity contribution in [2.45, 2.75) is 6.54 Å². The molecule has 0 aliphatic rings. The second-order valence-corrected chi connectivity index (χ2v) is 3.47. The Balaban J connectivity index is 2.10. The average molecular weight is 223 g/mol. The molecule has 1 heterocycles. The van der Waals surface area contributed by atoms with Crippen molar-refractivity contribution in [1.29, 1.82) is 0 Å². The summed E-state index contributed by atoms with van der Waals surface area (Å²) in [6.45, 7) is 0.339. The molecule has 0 fully saturated rings. The molecule has 0 spiro atoms. The number of anilines is 1. The van der Waals surface area contributed by atoms with Crippen LogP contribution in [0.25, 0.3) is 0 Å². The number of nitrogens with one attached hydrogen (secondary N) is 1. The summed E-state index contributed by atoms with van der Waals surface area (Å²) in [4.78, 5) is 0. The highest BCUT2D eigenvalue weighted by Crippen LogP contribution is 2.18. The number of rotatable bonds is 3. The highest BCUT2D eigenvalue weighted by molar-refractivity contribution is 5.46. The van der Waals surface area contributed by atoms with E-state index in [1.165, 1.54) is 18.2 Å². The Morgan fingerprint density at radius 1 is 1.31 bits per heavy atom. The fraction of sp³-hybridized carbons (Fsp3) is 0.182. The second kappa shape index (κ2) is 4.30. The third kappa shape index (κ3) is 2.18. The third-order valence-electron chi connectivity index (χ3n) is 2.19. The van der Waals surface area contributed by atoms with Gasteiger partial charge in [-0.3, -0.25) is 4.68 Å². The molecule has 2 aromatic rings. The lowest BCUT2D eigenvalue weighted by molar-refractivity contribution is 0.588. The molecule has 2 rings (SSSR count). The van der Waals surface area contributed by atoms with Crippen LogP contribution in [0.2, 0.25) is 0 Å². The normalized spacial score (nSPS) is 10.4. The molecule has 0 bridgehead atoms. The largest absolute Gasteiger partial charge is 0.376 e.